The first-order chi connectivity index (χ1) is 5.00. The van der Waals surface area contributed by atoms with Gasteiger partial charge in [0.05, 0.1) is 0 Å². The SMILES string of the molecule is CC(F)(F)C1=C[C@H](N)CC=C1. The first kappa shape index (κ1) is 8.40. The molecule has 0 radical (unpaired) electrons. The van der Waals surface area contributed by atoms with Crippen LogP contribution in [-0.2, 0) is 0 Å². The van der Waals surface area contributed by atoms with E-state index in [0.29, 0.717) is 6.42 Å². The van der Waals surface area contributed by atoms with Gasteiger partial charge in [-0.05, 0) is 6.42 Å². The number of allylic oxidation sites excluding steroid dienone is 2. The topological polar surface area (TPSA) is 26.0 Å². The van der Waals surface area contributed by atoms with Crippen molar-refractivity contribution in [1.82, 2.24) is 0 Å². The van der Waals surface area contributed by atoms with Crippen molar-refractivity contribution < 1.29 is 8.78 Å². The van der Waals surface area contributed by atoms with Crippen LogP contribution in [0.15, 0.2) is 23.8 Å². The number of rotatable bonds is 1. The molecule has 0 heterocycles. The van der Waals surface area contributed by atoms with Crippen LogP contribution in [0.3, 0.4) is 0 Å². The van der Waals surface area contributed by atoms with E-state index in [1.54, 1.807) is 6.08 Å². The maximum absolute atomic E-state index is 12.6. The van der Waals surface area contributed by atoms with Gasteiger partial charge in [-0.3, -0.25) is 0 Å². The molecule has 11 heavy (non-hydrogen) atoms. The Labute approximate surface area is 64.6 Å². The van der Waals surface area contributed by atoms with Crippen molar-refractivity contribution in [3.8, 4) is 0 Å². The highest BCUT2D eigenvalue weighted by molar-refractivity contribution is 5.30. The zero-order valence-corrected chi connectivity index (χ0v) is 6.35. The summed E-state index contributed by atoms with van der Waals surface area (Å²) in [6.07, 6.45) is 5.18. The molecule has 0 aromatic carbocycles. The van der Waals surface area contributed by atoms with Crippen LogP contribution in [0.25, 0.3) is 0 Å². The summed E-state index contributed by atoms with van der Waals surface area (Å²) in [7, 11) is 0. The van der Waals surface area contributed by atoms with Crippen molar-refractivity contribution in [2.24, 2.45) is 5.73 Å². The summed E-state index contributed by atoms with van der Waals surface area (Å²) in [6, 6.07) is -0.249. The van der Waals surface area contributed by atoms with Gasteiger partial charge in [0.25, 0.3) is 5.92 Å². The molecule has 0 saturated carbocycles. The zero-order chi connectivity index (χ0) is 8.48. The fraction of sp³-hybridized carbons (Fsp3) is 0.500. The smallest absolute Gasteiger partial charge is 0.270 e. The molecule has 1 rings (SSSR count). The van der Waals surface area contributed by atoms with Crippen LogP contribution in [0, 0.1) is 0 Å². The van der Waals surface area contributed by atoms with E-state index in [-0.39, 0.29) is 11.6 Å². The van der Waals surface area contributed by atoms with Crippen LogP contribution >= 0.6 is 0 Å². The van der Waals surface area contributed by atoms with Gasteiger partial charge in [0.1, 0.15) is 0 Å². The van der Waals surface area contributed by atoms with E-state index in [9.17, 15) is 8.78 Å². The minimum Gasteiger partial charge on any atom is -0.324 e. The lowest BCUT2D eigenvalue weighted by Gasteiger charge is -2.17. The Morgan fingerprint density at radius 3 is 2.64 bits per heavy atom. The Balaban J connectivity index is 2.80. The van der Waals surface area contributed by atoms with Gasteiger partial charge < -0.3 is 5.73 Å². The Hall–Kier alpha value is -0.700. The lowest BCUT2D eigenvalue weighted by molar-refractivity contribution is 0.0666. The van der Waals surface area contributed by atoms with Crippen molar-refractivity contribution >= 4 is 0 Å². The molecule has 62 valence electrons. The predicted octanol–water partition coefficient (Wildman–Crippen LogP) is 1.86. The summed E-state index contributed by atoms with van der Waals surface area (Å²) in [4.78, 5) is 0. The number of halogens is 2. The summed E-state index contributed by atoms with van der Waals surface area (Å²) in [5.41, 5.74) is 5.49. The first-order valence-electron chi connectivity index (χ1n) is 3.52. The van der Waals surface area contributed by atoms with Crippen molar-refractivity contribution in [3.63, 3.8) is 0 Å². The lowest BCUT2D eigenvalue weighted by atomic mass is 10.00. The van der Waals surface area contributed by atoms with E-state index in [1.165, 1.54) is 12.2 Å². The average molecular weight is 159 g/mol. The molecule has 0 fully saturated rings. The fourth-order valence-electron chi connectivity index (χ4n) is 0.999. The van der Waals surface area contributed by atoms with Gasteiger partial charge in [0.15, 0.2) is 0 Å². The van der Waals surface area contributed by atoms with Crippen molar-refractivity contribution in [2.45, 2.75) is 25.3 Å². The summed E-state index contributed by atoms with van der Waals surface area (Å²) in [5, 5.41) is 0. The van der Waals surface area contributed by atoms with Gasteiger partial charge in [-0.15, -0.1) is 0 Å². The number of hydrogen-bond acceptors (Lipinski definition) is 1. The molecule has 0 bridgehead atoms. The molecule has 1 aliphatic rings. The second kappa shape index (κ2) is 2.74. The van der Waals surface area contributed by atoms with E-state index in [4.69, 9.17) is 5.73 Å². The highest BCUT2D eigenvalue weighted by Gasteiger charge is 2.26. The van der Waals surface area contributed by atoms with Gasteiger partial charge in [0.2, 0.25) is 0 Å². The summed E-state index contributed by atoms with van der Waals surface area (Å²) >= 11 is 0. The van der Waals surface area contributed by atoms with Crippen molar-refractivity contribution in [1.29, 1.82) is 0 Å². The number of hydrogen-bond donors (Lipinski definition) is 1. The molecule has 1 atom stereocenters. The van der Waals surface area contributed by atoms with Crippen molar-refractivity contribution in [3.05, 3.63) is 23.8 Å². The third kappa shape index (κ3) is 2.12. The fourth-order valence-corrected chi connectivity index (χ4v) is 0.999. The highest BCUT2D eigenvalue weighted by Crippen LogP contribution is 2.26. The molecular weight excluding hydrogens is 148 g/mol. The molecule has 0 amide bonds. The number of nitrogens with two attached hydrogens (primary N) is 1. The van der Waals surface area contributed by atoms with Crippen LogP contribution in [0.5, 0.6) is 0 Å². The van der Waals surface area contributed by atoms with E-state index in [2.05, 4.69) is 0 Å². The third-order valence-electron chi connectivity index (χ3n) is 1.61. The maximum atomic E-state index is 12.6. The van der Waals surface area contributed by atoms with Gasteiger partial charge >= 0.3 is 0 Å². The normalized spacial score (nSPS) is 25.1. The molecule has 2 N–H and O–H groups in total. The molecule has 0 saturated heterocycles. The van der Waals surface area contributed by atoms with E-state index in [0.717, 1.165) is 6.92 Å². The average Bonchev–Trinajstić information content (AvgIpc) is 1.86. The quantitative estimate of drug-likeness (QED) is 0.620. The monoisotopic (exact) mass is 159 g/mol. The highest BCUT2D eigenvalue weighted by atomic mass is 19.3. The standard InChI is InChI=1S/C8H11F2N/c1-8(9,10)6-3-2-4-7(11)5-6/h2-3,5,7H,4,11H2,1H3/t7-/m1/s1. The van der Waals surface area contributed by atoms with Crippen LogP contribution in [0.4, 0.5) is 8.78 Å². The lowest BCUT2D eigenvalue weighted by Crippen LogP contribution is -2.23. The third-order valence-corrected chi connectivity index (χ3v) is 1.61. The van der Waals surface area contributed by atoms with Gasteiger partial charge in [-0.2, -0.15) is 0 Å². The van der Waals surface area contributed by atoms with Gasteiger partial charge in [-0.25, -0.2) is 8.78 Å². The second-order valence-electron chi connectivity index (χ2n) is 2.81. The molecule has 0 aromatic heterocycles. The minimum absolute atomic E-state index is 0.0243. The Morgan fingerprint density at radius 2 is 2.27 bits per heavy atom. The van der Waals surface area contributed by atoms with Gasteiger partial charge in [0, 0.05) is 18.5 Å². The molecule has 1 aliphatic carbocycles. The van der Waals surface area contributed by atoms with Crippen LogP contribution in [0.2, 0.25) is 0 Å². The molecule has 0 aliphatic heterocycles. The summed E-state index contributed by atoms with van der Waals surface area (Å²) < 4.78 is 25.2. The number of alkyl halides is 2. The molecule has 0 aromatic rings. The van der Waals surface area contributed by atoms with Crippen molar-refractivity contribution in [2.75, 3.05) is 0 Å². The van der Waals surface area contributed by atoms with E-state index in [1.807, 2.05) is 0 Å². The molecule has 1 nitrogen and oxygen atoms in total. The van der Waals surface area contributed by atoms with Crippen LogP contribution in [0.1, 0.15) is 13.3 Å². The zero-order valence-electron chi connectivity index (χ0n) is 6.35. The van der Waals surface area contributed by atoms with Gasteiger partial charge in [-0.1, -0.05) is 18.2 Å². The summed E-state index contributed by atoms with van der Waals surface area (Å²) in [5.74, 6) is -2.76. The Bertz CT molecular complexity index is 201. The van der Waals surface area contributed by atoms with E-state index >= 15 is 0 Å². The van der Waals surface area contributed by atoms with E-state index < -0.39 is 5.92 Å². The largest absolute Gasteiger partial charge is 0.324 e. The molecule has 0 unspecified atom stereocenters. The Morgan fingerprint density at radius 1 is 1.64 bits per heavy atom. The molecule has 3 heteroatoms. The van der Waals surface area contributed by atoms with Crippen LogP contribution < -0.4 is 5.73 Å². The Kier molecular flexibility index (Phi) is 2.09. The molecular formula is C8H11F2N. The summed E-state index contributed by atoms with van der Waals surface area (Å²) in [6.45, 7) is 0.876. The second-order valence-corrected chi connectivity index (χ2v) is 2.81. The first-order valence-corrected chi connectivity index (χ1v) is 3.52. The maximum Gasteiger partial charge on any atom is 0.270 e. The molecule has 0 spiro atoms. The minimum atomic E-state index is -2.76. The predicted molar refractivity (Wildman–Crippen MR) is 40.4 cm³/mol. The van der Waals surface area contributed by atoms with Crippen LogP contribution in [-0.4, -0.2) is 12.0 Å².